The van der Waals surface area contributed by atoms with Gasteiger partial charge < -0.3 is 0 Å². The maximum Gasteiger partial charge on any atom is 0.260 e. The van der Waals surface area contributed by atoms with E-state index in [0.717, 1.165) is 5.56 Å². The number of carbonyl (C=O) groups excluding carboxylic acids is 2. The smallest absolute Gasteiger partial charge is 0.260 e. The van der Waals surface area contributed by atoms with Crippen molar-refractivity contribution in [2.75, 3.05) is 0 Å². The molecule has 0 N–H and O–H groups in total. The van der Waals surface area contributed by atoms with Gasteiger partial charge in [-0.15, -0.1) is 0 Å². The highest BCUT2D eigenvalue weighted by Gasteiger charge is 2.26. The third-order valence-corrected chi connectivity index (χ3v) is 2.31. The summed E-state index contributed by atoms with van der Waals surface area (Å²) in [4.78, 5) is 24.2. The fraction of sp³-hybridized carbons (Fsp3) is 0.385. The molecule has 2 amide bonds. The number of aryl methyl sites for hydroxylation is 1. The summed E-state index contributed by atoms with van der Waals surface area (Å²) in [6.07, 6.45) is 0.588. The molecule has 0 aliphatic rings. The molecule has 16 heavy (non-hydrogen) atoms. The van der Waals surface area contributed by atoms with Crippen LogP contribution in [0.4, 0.5) is 0 Å². The molecule has 1 aromatic carbocycles. The van der Waals surface area contributed by atoms with E-state index in [1.54, 1.807) is 12.1 Å². The summed E-state index contributed by atoms with van der Waals surface area (Å²) < 4.78 is 0. The molecule has 0 aromatic heterocycles. The zero-order valence-electron chi connectivity index (χ0n) is 10.2. The lowest BCUT2D eigenvalue weighted by Gasteiger charge is -2.30. The molecule has 3 nitrogen and oxygen atoms in total. The van der Waals surface area contributed by atoms with Crippen molar-refractivity contribution in [3.05, 3.63) is 35.4 Å². The average Bonchev–Trinajstić information content (AvgIpc) is 2.16. The molecule has 0 radical (unpaired) electrons. The van der Waals surface area contributed by atoms with E-state index in [1.165, 1.54) is 4.90 Å². The minimum absolute atomic E-state index is 0.258. The quantitative estimate of drug-likeness (QED) is 0.716. The molecule has 86 valence electrons. The van der Waals surface area contributed by atoms with E-state index in [4.69, 9.17) is 0 Å². The zero-order chi connectivity index (χ0) is 12.3. The molecule has 1 rings (SSSR count). The number of amides is 2. The maximum absolute atomic E-state index is 12.1. The van der Waals surface area contributed by atoms with Crippen LogP contribution in [0.1, 0.15) is 36.7 Å². The first-order valence-electron chi connectivity index (χ1n) is 5.22. The van der Waals surface area contributed by atoms with Gasteiger partial charge in [0.1, 0.15) is 0 Å². The van der Waals surface area contributed by atoms with Crippen LogP contribution in [0, 0.1) is 6.92 Å². The highest BCUT2D eigenvalue weighted by molar-refractivity contribution is 6.00. The van der Waals surface area contributed by atoms with Crippen LogP contribution in [0.15, 0.2) is 24.3 Å². The van der Waals surface area contributed by atoms with E-state index in [2.05, 4.69) is 0 Å². The Hall–Kier alpha value is -1.64. The van der Waals surface area contributed by atoms with E-state index in [-0.39, 0.29) is 5.91 Å². The predicted octanol–water partition coefficient (Wildman–Crippen LogP) is 2.39. The summed E-state index contributed by atoms with van der Waals surface area (Å²) in [7, 11) is 0. The Morgan fingerprint density at radius 1 is 1.31 bits per heavy atom. The van der Waals surface area contributed by atoms with Crippen molar-refractivity contribution in [2.45, 2.75) is 33.2 Å². The fourth-order valence-electron chi connectivity index (χ4n) is 1.43. The molecule has 0 aliphatic carbocycles. The lowest BCUT2D eigenvalue weighted by atomic mass is 10.0. The van der Waals surface area contributed by atoms with E-state index in [0.29, 0.717) is 12.0 Å². The van der Waals surface area contributed by atoms with Crippen LogP contribution in [0.5, 0.6) is 0 Å². The Bertz CT molecular complexity index is 405. The minimum atomic E-state index is -0.497. The first-order chi connectivity index (χ1) is 7.36. The van der Waals surface area contributed by atoms with Crippen LogP contribution in [0.3, 0.4) is 0 Å². The Balaban J connectivity index is 3.05. The van der Waals surface area contributed by atoms with Gasteiger partial charge in [-0.2, -0.15) is 0 Å². The van der Waals surface area contributed by atoms with Crippen molar-refractivity contribution < 1.29 is 9.59 Å². The summed E-state index contributed by atoms with van der Waals surface area (Å²) >= 11 is 0. The van der Waals surface area contributed by atoms with Gasteiger partial charge in [0.2, 0.25) is 6.41 Å². The van der Waals surface area contributed by atoms with E-state index in [9.17, 15) is 9.59 Å². The Morgan fingerprint density at radius 3 is 2.38 bits per heavy atom. The summed E-state index contributed by atoms with van der Waals surface area (Å²) in [5.41, 5.74) is 1.05. The van der Waals surface area contributed by atoms with Gasteiger partial charge in [-0.1, -0.05) is 17.7 Å². The molecule has 1 aromatic rings. The topological polar surface area (TPSA) is 37.4 Å². The zero-order valence-corrected chi connectivity index (χ0v) is 10.2. The normalized spacial score (nSPS) is 11.0. The number of hydrogen-bond acceptors (Lipinski definition) is 2. The molecule has 0 saturated carbocycles. The van der Waals surface area contributed by atoms with Gasteiger partial charge in [0.05, 0.1) is 0 Å². The highest BCUT2D eigenvalue weighted by Crippen LogP contribution is 2.15. The monoisotopic (exact) mass is 219 g/mol. The number of rotatable bonds is 2. The molecule has 0 saturated heterocycles. The van der Waals surface area contributed by atoms with Gasteiger partial charge in [-0.05, 0) is 39.8 Å². The molecule has 0 bridgehead atoms. The molecule has 0 unspecified atom stereocenters. The molecule has 0 heterocycles. The van der Waals surface area contributed by atoms with Crippen molar-refractivity contribution in [2.24, 2.45) is 0 Å². The van der Waals surface area contributed by atoms with E-state index >= 15 is 0 Å². The van der Waals surface area contributed by atoms with Crippen LogP contribution in [-0.4, -0.2) is 22.8 Å². The Morgan fingerprint density at radius 2 is 1.94 bits per heavy atom. The standard InChI is InChI=1S/C13H17NO2/c1-10-6-5-7-11(8-10)12(16)14(9-15)13(2,3)4/h5-9H,1-4H3. The van der Waals surface area contributed by atoms with Crippen LogP contribution in [-0.2, 0) is 4.79 Å². The average molecular weight is 219 g/mol. The van der Waals surface area contributed by atoms with E-state index in [1.807, 2.05) is 39.8 Å². The largest absolute Gasteiger partial charge is 0.278 e. The second-order valence-corrected chi connectivity index (χ2v) is 4.82. The van der Waals surface area contributed by atoms with Crippen molar-refractivity contribution >= 4 is 12.3 Å². The number of hydrogen-bond donors (Lipinski definition) is 0. The highest BCUT2D eigenvalue weighted by atomic mass is 16.2. The van der Waals surface area contributed by atoms with Gasteiger partial charge in [0.25, 0.3) is 5.91 Å². The number of imide groups is 1. The fourth-order valence-corrected chi connectivity index (χ4v) is 1.43. The molecule has 3 heteroatoms. The van der Waals surface area contributed by atoms with Gasteiger partial charge in [0, 0.05) is 11.1 Å². The van der Waals surface area contributed by atoms with Crippen LogP contribution < -0.4 is 0 Å². The predicted molar refractivity (Wildman–Crippen MR) is 63.2 cm³/mol. The number of nitrogens with zero attached hydrogens (tertiary/aromatic N) is 1. The Labute approximate surface area is 96.1 Å². The summed E-state index contributed by atoms with van der Waals surface area (Å²) in [6, 6.07) is 7.23. The van der Waals surface area contributed by atoms with Crippen molar-refractivity contribution in [3.8, 4) is 0 Å². The van der Waals surface area contributed by atoms with Gasteiger partial charge >= 0.3 is 0 Å². The summed E-state index contributed by atoms with van der Waals surface area (Å²) in [5, 5.41) is 0. The van der Waals surface area contributed by atoms with Crippen molar-refractivity contribution in [1.29, 1.82) is 0 Å². The van der Waals surface area contributed by atoms with Crippen LogP contribution >= 0.6 is 0 Å². The minimum Gasteiger partial charge on any atom is -0.278 e. The molecule has 0 aliphatic heterocycles. The maximum atomic E-state index is 12.1. The van der Waals surface area contributed by atoms with E-state index < -0.39 is 5.54 Å². The molecule has 0 fully saturated rings. The summed E-state index contributed by atoms with van der Waals surface area (Å²) in [6.45, 7) is 7.40. The Kier molecular flexibility index (Phi) is 3.48. The van der Waals surface area contributed by atoms with Crippen LogP contribution in [0.25, 0.3) is 0 Å². The molecular weight excluding hydrogens is 202 g/mol. The lowest BCUT2D eigenvalue weighted by Crippen LogP contribution is -2.44. The van der Waals surface area contributed by atoms with Gasteiger partial charge in [-0.25, -0.2) is 0 Å². The second-order valence-electron chi connectivity index (χ2n) is 4.82. The molecule has 0 atom stereocenters. The SMILES string of the molecule is Cc1cccc(C(=O)N(C=O)C(C)(C)C)c1. The van der Waals surface area contributed by atoms with Crippen LogP contribution in [0.2, 0.25) is 0 Å². The van der Waals surface area contributed by atoms with Crippen molar-refractivity contribution in [1.82, 2.24) is 4.90 Å². The number of benzene rings is 1. The lowest BCUT2D eigenvalue weighted by molar-refractivity contribution is -0.119. The van der Waals surface area contributed by atoms with Crippen molar-refractivity contribution in [3.63, 3.8) is 0 Å². The second kappa shape index (κ2) is 4.47. The van der Waals surface area contributed by atoms with Gasteiger partial charge in [-0.3, -0.25) is 14.5 Å². The molecule has 0 spiro atoms. The first-order valence-corrected chi connectivity index (χ1v) is 5.22. The third-order valence-electron chi connectivity index (χ3n) is 2.31. The number of carbonyl (C=O) groups is 2. The third kappa shape index (κ3) is 2.69. The van der Waals surface area contributed by atoms with Gasteiger partial charge in [0.15, 0.2) is 0 Å². The molecular formula is C13H17NO2. The first kappa shape index (κ1) is 12.4. The summed E-state index contributed by atoms with van der Waals surface area (Å²) in [5.74, 6) is -0.258.